The number of methoxy groups -OCH3 is 1. The van der Waals surface area contributed by atoms with E-state index < -0.39 is 0 Å². The summed E-state index contributed by atoms with van der Waals surface area (Å²) in [6.45, 7) is 7.21. The molecular formula is C18H21N5O. The van der Waals surface area contributed by atoms with Gasteiger partial charge in [0.25, 0.3) is 0 Å². The summed E-state index contributed by atoms with van der Waals surface area (Å²) in [6.07, 6.45) is 0. The summed E-state index contributed by atoms with van der Waals surface area (Å²) in [4.78, 5) is 4.48. The van der Waals surface area contributed by atoms with Gasteiger partial charge in [-0.05, 0) is 43.7 Å². The van der Waals surface area contributed by atoms with Gasteiger partial charge < -0.3 is 14.5 Å². The monoisotopic (exact) mass is 323 g/mol. The van der Waals surface area contributed by atoms with E-state index in [9.17, 15) is 5.26 Å². The Labute approximate surface area is 142 Å². The van der Waals surface area contributed by atoms with E-state index in [1.807, 2.05) is 26.0 Å². The minimum Gasteiger partial charge on any atom is -0.497 e. The minimum absolute atomic E-state index is 0.639. The molecule has 1 aromatic carbocycles. The maximum Gasteiger partial charge on any atom is 0.169 e. The van der Waals surface area contributed by atoms with Crippen molar-refractivity contribution in [3.05, 3.63) is 41.1 Å². The van der Waals surface area contributed by atoms with E-state index in [0.29, 0.717) is 11.4 Å². The first-order valence-electron chi connectivity index (χ1n) is 8.02. The summed E-state index contributed by atoms with van der Waals surface area (Å²) in [5.41, 5.74) is 3.55. The smallest absolute Gasteiger partial charge is 0.169 e. The summed E-state index contributed by atoms with van der Waals surface area (Å²) in [5, 5.41) is 17.9. The lowest BCUT2D eigenvalue weighted by atomic mass is 10.1. The first kappa shape index (κ1) is 16.1. The maximum absolute atomic E-state index is 9.47. The molecule has 2 aromatic rings. The van der Waals surface area contributed by atoms with E-state index in [-0.39, 0.29) is 0 Å². The highest BCUT2D eigenvalue weighted by Crippen LogP contribution is 2.25. The molecule has 1 saturated heterocycles. The molecule has 1 aromatic heterocycles. The van der Waals surface area contributed by atoms with Crippen LogP contribution < -0.4 is 14.5 Å². The van der Waals surface area contributed by atoms with Crippen molar-refractivity contribution in [3.8, 4) is 11.8 Å². The van der Waals surface area contributed by atoms with E-state index in [1.165, 1.54) is 5.69 Å². The molecule has 24 heavy (non-hydrogen) atoms. The van der Waals surface area contributed by atoms with Crippen molar-refractivity contribution in [3.63, 3.8) is 0 Å². The molecule has 0 bridgehead atoms. The Kier molecular flexibility index (Phi) is 4.52. The molecule has 0 radical (unpaired) electrons. The average molecular weight is 323 g/mol. The third-order valence-corrected chi connectivity index (χ3v) is 4.56. The van der Waals surface area contributed by atoms with Crippen LogP contribution in [0, 0.1) is 25.2 Å². The second-order valence-electron chi connectivity index (χ2n) is 5.89. The van der Waals surface area contributed by atoms with Gasteiger partial charge in [-0.15, -0.1) is 5.10 Å². The number of hydrogen-bond donors (Lipinski definition) is 0. The number of rotatable bonds is 3. The molecule has 6 heteroatoms. The van der Waals surface area contributed by atoms with Crippen LogP contribution in [0.3, 0.4) is 0 Å². The van der Waals surface area contributed by atoms with Gasteiger partial charge in [-0.3, -0.25) is 0 Å². The molecule has 124 valence electrons. The second kappa shape index (κ2) is 6.75. The van der Waals surface area contributed by atoms with Crippen LogP contribution in [0.1, 0.15) is 16.8 Å². The van der Waals surface area contributed by atoms with E-state index in [4.69, 9.17) is 4.74 Å². The molecule has 3 rings (SSSR count). The van der Waals surface area contributed by atoms with Crippen molar-refractivity contribution in [2.45, 2.75) is 13.8 Å². The largest absolute Gasteiger partial charge is 0.497 e. The lowest BCUT2D eigenvalue weighted by molar-refractivity contribution is 0.415. The number of ether oxygens (including phenoxy) is 1. The zero-order valence-corrected chi connectivity index (χ0v) is 14.3. The van der Waals surface area contributed by atoms with Gasteiger partial charge in [-0.1, -0.05) is 0 Å². The molecule has 2 heterocycles. The topological polar surface area (TPSA) is 65.3 Å². The summed E-state index contributed by atoms with van der Waals surface area (Å²) < 4.78 is 5.21. The first-order chi connectivity index (χ1) is 11.6. The molecule has 0 aliphatic carbocycles. The van der Waals surface area contributed by atoms with Gasteiger partial charge in [0.05, 0.1) is 12.8 Å². The third kappa shape index (κ3) is 2.98. The van der Waals surface area contributed by atoms with Crippen molar-refractivity contribution in [1.29, 1.82) is 5.26 Å². The van der Waals surface area contributed by atoms with Crippen LogP contribution in [0.4, 0.5) is 11.5 Å². The Morgan fingerprint density at radius 1 is 1.00 bits per heavy atom. The lowest BCUT2D eigenvalue weighted by Crippen LogP contribution is -2.47. The van der Waals surface area contributed by atoms with Crippen LogP contribution in [0.2, 0.25) is 0 Å². The van der Waals surface area contributed by atoms with Gasteiger partial charge >= 0.3 is 0 Å². The molecule has 1 fully saturated rings. The lowest BCUT2D eigenvalue weighted by Gasteiger charge is -2.37. The van der Waals surface area contributed by atoms with Gasteiger partial charge in [0.2, 0.25) is 0 Å². The highest BCUT2D eigenvalue weighted by molar-refractivity contribution is 5.59. The Balaban J connectivity index is 1.73. The van der Waals surface area contributed by atoms with E-state index in [1.54, 1.807) is 7.11 Å². The number of piperazine rings is 1. The van der Waals surface area contributed by atoms with Crippen LogP contribution in [0.25, 0.3) is 0 Å². The quantitative estimate of drug-likeness (QED) is 0.863. The Morgan fingerprint density at radius 2 is 1.62 bits per heavy atom. The number of aromatic nitrogens is 2. The number of benzene rings is 1. The number of nitriles is 1. The van der Waals surface area contributed by atoms with Crippen molar-refractivity contribution < 1.29 is 4.74 Å². The van der Waals surface area contributed by atoms with E-state index in [2.05, 4.69) is 38.2 Å². The molecule has 0 atom stereocenters. The number of anilines is 2. The third-order valence-electron chi connectivity index (χ3n) is 4.56. The Morgan fingerprint density at radius 3 is 2.21 bits per heavy atom. The Hall–Kier alpha value is -2.81. The maximum atomic E-state index is 9.47. The van der Waals surface area contributed by atoms with Crippen LogP contribution >= 0.6 is 0 Å². The van der Waals surface area contributed by atoms with Gasteiger partial charge in [-0.25, -0.2) is 0 Å². The summed E-state index contributed by atoms with van der Waals surface area (Å²) in [5.74, 6) is 1.57. The minimum atomic E-state index is 0.639. The Bertz CT molecular complexity index is 758. The predicted molar refractivity (Wildman–Crippen MR) is 93.6 cm³/mol. The van der Waals surface area contributed by atoms with Gasteiger partial charge in [0, 0.05) is 31.9 Å². The first-order valence-corrected chi connectivity index (χ1v) is 8.02. The van der Waals surface area contributed by atoms with Crippen LogP contribution in [0.5, 0.6) is 5.75 Å². The van der Waals surface area contributed by atoms with Crippen molar-refractivity contribution in [2.24, 2.45) is 0 Å². The second-order valence-corrected chi connectivity index (χ2v) is 5.89. The molecule has 0 amide bonds. The normalized spacial score (nSPS) is 14.4. The molecule has 0 N–H and O–H groups in total. The number of hydrogen-bond acceptors (Lipinski definition) is 6. The fraction of sp³-hybridized carbons (Fsp3) is 0.389. The van der Waals surface area contributed by atoms with Crippen LogP contribution in [0.15, 0.2) is 24.3 Å². The molecule has 0 unspecified atom stereocenters. The highest BCUT2D eigenvalue weighted by atomic mass is 16.5. The van der Waals surface area contributed by atoms with E-state index in [0.717, 1.165) is 43.2 Å². The molecule has 0 saturated carbocycles. The summed E-state index contributed by atoms with van der Waals surface area (Å²) in [7, 11) is 1.67. The standard InChI is InChI=1S/C18H21N5O/c1-13-14(2)20-21-18(17(13)12-19)23-10-8-22(9-11-23)15-4-6-16(24-3)7-5-15/h4-7H,8-11H2,1-3H3. The fourth-order valence-electron chi connectivity index (χ4n) is 2.92. The molecule has 1 aliphatic heterocycles. The fourth-order valence-corrected chi connectivity index (χ4v) is 2.92. The van der Waals surface area contributed by atoms with Crippen molar-refractivity contribution >= 4 is 11.5 Å². The molecule has 6 nitrogen and oxygen atoms in total. The zero-order valence-electron chi connectivity index (χ0n) is 14.3. The van der Waals surface area contributed by atoms with Gasteiger partial charge in [-0.2, -0.15) is 10.4 Å². The summed E-state index contributed by atoms with van der Waals surface area (Å²) >= 11 is 0. The predicted octanol–water partition coefficient (Wildman–Crippen LogP) is 2.30. The van der Waals surface area contributed by atoms with Crippen LogP contribution in [-0.4, -0.2) is 43.5 Å². The van der Waals surface area contributed by atoms with Gasteiger partial charge in [0.1, 0.15) is 17.4 Å². The molecule has 1 aliphatic rings. The average Bonchev–Trinajstić information content (AvgIpc) is 2.64. The SMILES string of the molecule is COc1ccc(N2CCN(c3nnc(C)c(C)c3C#N)CC2)cc1. The molecule has 0 spiro atoms. The highest BCUT2D eigenvalue weighted by Gasteiger charge is 2.22. The van der Waals surface area contributed by atoms with Gasteiger partial charge in [0.15, 0.2) is 5.82 Å². The molecular weight excluding hydrogens is 302 g/mol. The van der Waals surface area contributed by atoms with Crippen molar-refractivity contribution in [1.82, 2.24) is 10.2 Å². The van der Waals surface area contributed by atoms with E-state index >= 15 is 0 Å². The van der Waals surface area contributed by atoms with Crippen molar-refractivity contribution in [2.75, 3.05) is 43.1 Å². The van der Waals surface area contributed by atoms with Crippen LogP contribution in [-0.2, 0) is 0 Å². The summed E-state index contributed by atoms with van der Waals surface area (Å²) in [6, 6.07) is 10.4. The number of aryl methyl sites for hydroxylation is 1. The number of nitrogens with zero attached hydrogens (tertiary/aromatic N) is 5. The zero-order chi connectivity index (χ0) is 17.1.